The molecule has 1 saturated heterocycles. The average molecular weight is 409 g/mol. The zero-order valence-electron chi connectivity index (χ0n) is 17.4. The summed E-state index contributed by atoms with van der Waals surface area (Å²) in [6, 6.07) is 14.2. The molecule has 3 heterocycles. The molecule has 0 spiro atoms. The van der Waals surface area contributed by atoms with E-state index in [0.29, 0.717) is 18.8 Å². The quantitative estimate of drug-likeness (QED) is 0.424. The summed E-state index contributed by atoms with van der Waals surface area (Å²) in [7, 11) is 0. The van der Waals surface area contributed by atoms with Crippen LogP contribution in [0.2, 0.25) is 0 Å². The van der Waals surface area contributed by atoms with Gasteiger partial charge in [-0.2, -0.15) is 0 Å². The Kier molecular flexibility index (Phi) is 5.08. The first-order chi connectivity index (χ1) is 15.2. The molecule has 0 N–H and O–H groups in total. The molecule has 0 atom stereocenters. The molecule has 0 unspecified atom stereocenters. The van der Waals surface area contributed by atoms with E-state index in [0.717, 1.165) is 24.1 Å². The summed E-state index contributed by atoms with van der Waals surface area (Å²) in [6.07, 6.45) is 10.6. The number of fused-ring (bicyclic) bond motifs is 2. The zero-order valence-corrected chi connectivity index (χ0v) is 17.4. The first-order valence-electron chi connectivity index (χ1n) is 10.5. The number of rotatable bonds is 1. The Morgan fingerprint density at radius 2 is 1.81 bits per heavy atom. The number of nitrogens with zero attached hydrogens (tertiary/aromatic N) is 3. The highest BCUT2D eigenvalue weighted by Crippen LogP contribution is 2.38. The van der Waals surface area contributed by atoms with Gasteiger partial charge >= 0.3 is 6.09 Å². The molecule has 1 fully saturated rings. The number of hydrogen-bond donors (Lipinski definition) is 0. The van der Waals surface area contributed by atoms with Gasteiger partial charge in [-0.15, -0.1) is 0 Å². The number of hydrogen-bond acceptors (Lipinski definition) is 4. The Labute approximate surface area is 181 Å². The molecule has 3 aromatic rings. The van der Waals surface area contributed by atoms with E-state index in [4.69, 9.17) is 9.72 Å². The van der Waals surface area contributed by atoms with E-state index in [2.05, 4.69) is 48.3 Å². The molecule has 5 rings (SSSR count). The highest BCUT2D eigenvalue weighted by Gasteiger charge is 2.26. The van der Waals surface area contributed by atoms with Gasteiger partial charge in [0.2, 0.25) is 0 Å². The van der Waals surface area contributed by atoms with Crippen molar-refractivity contribution in [3.8, 4) is 5.75 Å². The fourth-order valence-corrected chi connectivity index (χ4v) is 4.26. The minimum Gasteiger partial charge on any atom is -0.409 e. The fraction of sp³-hybridized carbons (Fsp3) is 0.192. The summed E-state index contributed by atoms with van der Waals surface area (Å²) in [5.74, 6) is 0.467. The second kappa shape index (κ2) is 8.19. The summed E-state index contributed by atoms with van der Waals surface area (Å²) < 4.78 is 5.47. The highest BCUT2D eigenvalue weighted by atomic mass is 16.6. The van der Waals surface area contributed by atoms with Crippen LogP contribution >= 0.6 is 0 Å². The molecule has 2 aliphatic rings. The van der Waals surface area contributed by atoms with Crippen LogP contribution in [0.25, 0.3) is 17.7 Å². The van der Waals surface area contributed by atoms with Crippen LogP contribution in [0, 0.1) is 6.92 Å². The van der Waals surface area contributed by atoms with Crippen molar-refractivity contribution in [3.63, 3.8) is 0 Å². The Morgan fingerprint density at radius 1 is 1.00 bits per heavy atom. The van der Waals surface area contributed by atoms with Gasteiger partial charge in [-0.3, -0.25) is 9.97 Å². The maximum Gasteiger partial charge on any atom is 0.415 e. The first kappa shape index (κ1) is 19.2. The number of carbonyl (C=O) groups is 1. The molecule has 5 heteroatoms. The van der Waals surface area contributed by atoms with Crippen LogP contribution in [-0.4, -0.2) is 34.1 Å². The van der Waals surface area contributed by atoms with Crippen LogP contribution in [-0.2, 0) is 0 Å². The van der Waals surface area contributed by atoms with Crippen LogP contribution in [0.1, 0.15) is 40.8 Å². The second-order valence-corrected chi connectivity index (χ2v) is 7.89. The third-order valence-corrected chi connectivity index (χ3v) is 5.81. The van der Waals surface area contributed by atoms with E-state index in [9.17, 15) is 4.79 Å². The van der Waals surface area contributed by atoms with Gasteiger partial charge in [-0.05, 0) is 49.1 Å². The molecule has 2 aromatic heterocycles. The van der Waals surface area contributed by atoms with Crippen LogP contribution < -0.4 is 4.74 Å². The fourth-order valence-electron chi connectivity index (χ4n) is 4.26. The lowest BCUT2D eigenvalue weighted by atomic mass is 9.88. The van der Waals surface area contributed by atoms with Crippen molar-refractivity contribution in [2.45, 2.75) is 19.8 Å². The van der Waals surface area contributed by atoms with Gasteiger partial charge in [0.1, 0.15) is 0 Å². The molecule has 1 aliphatic carbocycles. The minimum atomic E-state index is -0.325. The van der Waals surface area contributed by atoms with Gasteiger partial charge in [0, 0.05) is 36.6 Å². The van der Waals surface area contributed by atoms with Crippen LogP contribution in [0.15, 0.2) is 66.6 Å². The highest BCUT2D eigenvalue weighted by molar-refractivity contribution is 5.93. The SMILES string of the molecule is Cc1ccc2c(c1)C=Cc1cccnc1C2=C1CCN(C(=O)Oc2cccnc2)CC1. The molecule has 0 saturated carbocycles. The lowest BCUT2D eigenvalue weighted by molar-refractivity contribution is 0.148. The van der Waals surface area contributed by atoms with Crippen molar-refractivity contribution in [1.82, 2.24) is 14.9 Å². The summed E-state index contributed by atoms with van der Waals surface area (Å²) in [4.78, 5) is 23.1. The number of piperidine rings is 1. The number of carbonyl (C=O) groups excluding carboxylic acids is 1. The number of aromatic nitrogens is 2. The molecule has 154 valence electrons. The molecule has 0 bridgehead atoms. The Hall–Kier alpha value is -3.73. The lowest BCUT2D eigenvalue weighted by Crippen LogP contribution is -2.38. The molecule has 31 heavy (non-hydrogen) atoms. The van der Waals surface area contributed by atoms with E-state index in [1.807, 2.05) is 12.3 Å². The van der Waals surface area contributed by atoms with Crippen molar-refractivity contribution >= 4 is 23.8 Å². The zero-order chi connectivity index (χ0) is 21.2. The van der Waals surface area contributed by atoms with E-state index in [-0.39, 0.29) is 6.09 Å². The number of benzene rings is 1. The summed E-state index contributed by atoms with van der Waals surface area (Å²) in [5, 5.41) is 0. The van der Waals surface area contributed by atoms with Crippen LogP contribution in [0.4, 0.5) is 4.79 Å². The number of pyridine rings is 2. The topological polar surface area (TPSA) is 55.3 Å². The Morgan fingerprint density at radius 3 is 2.61 bits per heavy atom. The molecule has 0 radical (unpaired) electrons. The smallest absolute Gasteiger partial charge is 0.409 e. The lowest BCUT2D eigenvalue weighted by Gasteiger charge is -2.29. The Bertz CT molecular complexity index is 1190. The molecule has 1 amide bonds. The van der Waals surface area contributed by atoms with Gasteiger partial charge in [0.05, 0.1) is 11.9 Å². The van der Waals surface area contributed by atoms with Gasteiger partial charge < -0.3 is 9.64 Å². The van der Waals surface area contributed by atoms with Gasteiger partial charge in [0.25, 0.3) is 0 Å². The second-order valence-electron chi connectivity index (χ2n) is 7.89. The summed E-state index contributed by atoms with van der Waals surface area (Å²) in [6.45, 7) is 3.35. The number of likely N-dealkylation sites (tertiary alicyclic amines) is 1. The largest absolute Gasteiger partial charge is 0.415 e. The van der Waals surface area contributed by atoms with Crippen molar-refractivity contribution in [1.29, 1.82) is 0 Å². The number of aryl methyl sites for hydroxylation is 1. The van der Waals surface area contributed by atoms with E-state index in [1.54, 1.807) is 29.4 Å². The predicted octanol–water partition coefficient (Wildman–Crippen LogP) is 5.37. The molecule has 1 aromatic carbocycles. The Balaban J connectivity index is 1.45. The molecular formula is C26H23N3O2. The standard InChI is InChI=1S/C26H23N3O2/c1-18-6-9-23-21(16-18)8-7-20-4-2-13-28-25(20)24(23)19-10-14-29(15-11-19)26(30)31-22-5-3-12-27-17-22/h2-9,12-13,16-17H,10-11,14-15H2,1H3. The van der Waals surface area contributed by atoms with Crippen molar-refractivity contribution < 1.29 is 9.53 Å². The number of amides is 1. The summed E-state index contributed by atoms with van der Waals surface area (Å²) >= 11 is 0. The third kappa shape index (κ3) is 3.87. The van der Waals surface area contributed by atoms with Crippen LogP contribution in [0.3, 0.4) is 0 Å². The van der Waals surface area contributed by atoms with E-state index in [1.165, 1.54) is 27.8 Å². The maximum atomic E-state index is 12.6. The van der Waals surface area contributed by atoms with Crippen molar-refractivity contribution in [2.24, 2.45) is 0 Å². The summed E-state index contributed by atoms with van der Waals surface area (Å²) in [5.41, 5.74) is 8.33. The van der Waals surface area contributed by atoms with Crippen LogP contribution in [0.5, 0.6) is 5.75 Å². The van der Waals surface area contributed by atoms with Crippen molar-refractivity contribution in [3.05, 3.63) is 94.6 Å². The first-order valence-corrected chi connectivity index (χ1v) is 10.5. The van der Waals surface area contributed by atoms with E-state index < -0.39 is 0 Å². The molecule has 5 nitrogen and oxygen atoms in total. The average Bonchev–Trinajstić information content (AvgIpc) is 2.96. The van der Waals surface area contributed by atoms with Gasteiger partial charge in [0.15, 0.2) is 5.75 Å². The maximum absolute atomic E-state index is 12.6. The van der Waals surface area contributed by atoms with Gasteiger partial charge in [-0.1, -0.05) is 47.6 Å². The number of ether oxygens (including phenoxy) is 1. The molecular weight excluding hydrogens is 386 g/mol. The van der Waals surface area contributed by atoms with Gasteiger partial charge in [-0.25, -0.2) is 4.79 Å². The monoisotopic (exact) mass is 409 g/mol. The third-order valence-electron chi connectivity index (χ3n) is 5.81. The predicted molar refractivity (Wildman–Crippen MR) is 121 cm³/mol. The van der Waals surface area contributed by atoms with Crippen molar-refractivity contribution in [2.75, 3.05) is 13.1 Å². The minimum absolute atomic E-state index is 0.325. The molecule has 1 aliphatic heterocycles. The van der Waals surface area contributed by atoms with E-state index >= 15 is 0 Å². The normalized spacial score (nSPS) is 15.2.